The molecule has 3 heterocycles. The van der Waals surface area contributed by atoms with E-state index in [2.05, 4.69) is 25.5 Å². The van der Waals surface area contributed by atoms with E-state index < -0.39 is 5.82 Å². The molecule has 0 atom stereocenters. The molecular formula is C25H18ClFN6OS2. The summed E-state index contributed by atoms with van der Waals surface area (Å²) in [6.45, 7) is 0.366. The number of hydrogen-bond acceptors (Lipinski definition) is 7. The maximum Gasteiger partial charge on any atom is 0.271 e. The van der Waals surface area contributed by atoms with Crippen molar-refractivity contribution in [1.82, 2.24) is 30.0 Å². The Kier molecular flexibility index (Phi) is 7.36. The molecule has 0 bridgehead atoms. The minimum atomic E-state index is -0.408. The van der Waals surface area contributed by atoms with E-state index in [1.165, 1.54) is 29.2 Å². The fourth-order valence-corrected chi connectivity index (χ4v) is 5.37. The number of thioether (sulfide) groups is 1. The van der Waals surface area contributed by atoms with E-state index in [-0.39, 0.29) is 5.91 Å². The molecule has 7 nitrogen and oxygen atoms in total. The molecule has 3 aromatic heterocycles. The van der Waals surface area contributed by atoms with E-state index in [1.54, 1.807) is 46.6 Å². The summed E-state index contributed by atoms with van der Waals surface area (Å²) in [5.41, 5.74) is 2.20. The number of para-hydroxylation sites is 1. The van der Waals surface area contributed by atoms with Crippen molar-refractivity contribution in [3.05, 3.63) is 106 Å². The molecule has 180 valence electrons. The van der Waals surface area contributed by atoms with E-state index in [0.29, 0.717) is 45.2 Å². The highest BCUT2D eigenvalue weighted by atomic mass is 35.5. The number of carbonyl (C=O) groups is 1. The Morgan fingerprint density at radius 2 is 1.92 bits per heavy atom. The Morgan fingerprint density at radius 1 is 1.08 bits per heavy atom. The number of carbonyl (C=O) groups excluding carboxylic acids is 1. The van der Waals surface area contributed by atoms with E-state index in [9.17, 15) is 9.18 Å². The first-order valence-electron chi connectivity index (χ1n) is 10.8. The monoisotopic (exact) mass is 536 g/mol. The average Bonchev–Trinajstić information content (AvgIpc) is 3.55. The predicted molar refractivity (Wildman–Crippen MR) is 139 cm³/mol. The van der Waals surface area contributed by atoms with Gasteiger partial charge in [-0.1, -0.05) is 53.7 Å². The van der Waals surface area contributed by atoms with Crippen molar-refractivity contribution < 1.29 is 9.18 Å². The number of rotatable bonds is 8. The number of aromatic nitrogens is 5. The molecule has 0 fully saturated rings. The quantitative estimate of drug-likeness (QED) is 0.252. The number of benzene rings is 2. The van der Waals surface area contributed by atoms with Crippen LogP contribution in [0.1, 0.15) is 21.1 Å². The van der Waals surface area contributed by atoms with Gasteiger partial charge in [0.1, 0.15) is 16.5 Å². The van der Waals surface area contributed by atoms with Crippen LogP contribution in [0.15, 0.2) is 83.6 Å². The van der Waals surface area contributed by atoms with Crippen LogP contribution in [0.5, 0.6) is 0 Å². The SMILES string of the molecule is O=C(NCc1cccnc1)c1csc(CSc2nnc(-c3ccccc3Cl)n2-c2ccccc2F)n1. The molecule has 36 heavy (non-hydrogen) atoms. The van der Waals surface area contributed by atoms with Crippen LogP contribution in [0.3, 0.4) is 0 Å². The molecule has 11 heteroatoms. The van der Waals surface area contributed by atoms with Gasteiger partial charge in [-0.3, -0.25) is 14.3 Å². The van der Waals surface area contributed by atoms with Crippen LogP contribution in [-0.4, -0.2) is 30.6 Å². The van der Waals surface area contributed by atoms with Crippen molar-refractivity contribution in [2.75, 3.05) is 0 Å². The summed E-state index contributed by atoms with van der Waals surface area (Å²) >= 11 is 9.13. The van der Waals surface area contributed by atoms with Crippen molar-refractivity contribution in [3.63, 3.8) is 0 Å². The third-order valence-corrected chi connectivity index (χ3v) is 7.43. The lowest BCUT2D eigenvalue weighted by Gasteiger charge is -2.11. The predicted octanol–water partition coefficient (Wildman–Crippen LogP) is 5.80. The maximum atomic E-state index is 14.8. The number of thiazole rings is 1. The highest BCUT2D eigenvalue weighted by Gasteiger charge is 2.21. The summed E-state index contributed by atoms with van der Waals surface area (Å²) in [4.78, 5) is 21.0. The minimum absolute atomic E-state index is 0.262. The Hall–Kier alpha value is -3.60. The normalized spacial score (nSPS) is 10.9. The van der Waals surface area contributed by atoms with Crippen molar-refractivity contribution >= 4 is 40.6 Å². The highest BCUT2D eigenvalue weighted by molar-refractivity contribution is 7.98. The first kappa shape index (κ1) is 24.1. The molecule has 2 aromatic carbocycles. The summed E-state index contributed by atoms with van der Waals surface area (Å²) < 4.78 is 16.5. The lowest BCUT2D eigenvalue weighted by Crippen LogP contribution is -2.23. The second-order valence-electron chi connectivity index (χ2n) is 7.53. The Balaban J connectivity index is 1.35. The Bertz CT molecular complexity index is 1510. The van der Waals surface area contributed by atoms with Gasteiger partial charge in [0, 0.05) is 29.9 Å². The van der Waals surface area contributed by atoms with Gasteiger partial charge in [0.25, 0.3) is 5.91 Å². The first-order chi connectivity index (χ1) is 17.6. The molecule has 5 rings (SSSR count). The second kappa shape index (κ2) is 11.0. The largest absolute Gasteiger partial charge is 0.347 e. The molecule has 0 saturated heterocycles. The van der Waals surface area contributed by atoms with Crippen molar-refractivity contribution in [1.29, 1.82) is 0 Å². The first-order valence-corrected chi connectivity index (χ1v) is 13.0. The van der Waals surface area contributed by atoms with Gasteiger partial charge < -0.3 is 5.32 Å². The van der Waals surface area contributed by atoms with Gasteiger partial charge in [0.05, 0.1) is 16.5 Å². The molecule has 0 saturated carbocycles. The summed E-state index contributed by atoms with van der Waals surface area (Å²) in [6, 6.07) is 17.4. The Labute approximate surface area is 219 Å². The molecule has 0 spiro atoms. The van der Waals surface area contributed by atoms with Gasteiger partial charge in [-0.25, -0.2) is 9.37 Å². The van der Waals surface area contributed by atoms with Crippen LogP contribution in [0.2, 0.25) is 5.02 Å². The van der Waals surface area contributed by atoms with Crippen LogP contribution < -0.4 is 5.32 Å². The minimum Gasteiger partial charge on any atom is -0.347 e. The van der Waals surface area contributed by atoms with E-state index in [0.717, 1.165) is 10.6 Å². The zero-order valence-electron chi connectivity index (χ0n) is 18.6. The van der Waals surface area contributed by atoms with E-state index >= 15 is 0 Å². The van der Waals surface area contributed by atoms with Gasteiger partial charge in [-0.05, 0) is 35.9 Å². The molecule has 5 aromatic rings. The van der Waals surface area contributed by atoms with E-state index in [4.69, 9.17) is 11.6 Å². The maximum absolute atomic E-state index is 14.8. The Morgan fingerprint density at radius 3 is 2.72 bits per heavy atom. The molecule has 0 unspecified atom stereocenters. The molecule has 1 amide bonds. The standard InChI is InChI=1S/C25H18ClFN6OS2/c26-18-8-2-1-7-17(18)23-31-32-25(33(23)21-10-4-3-9-19(21)27)36-15-22-30-20(14-35-22)24(34)29-13-16-6-5-11-28-12-16/h1-12,14H,13,15H2,(H,29,34). The van der Waals surface area contributed by atoms with Crippen LogP contribution in [0.4, 0.5) is 4.39 Å². The molecule has 0 aliphatic carbocycles. The molecule has 1 N–H and O–H groups in total. The lowest BCUT2D eigenvalue weighted by atomic mass is 10.2. The number of amides is 1. The fraction of sp³-hybridized carbons (Fsp3) is 0.0800. The zero-order valence-corrected chi connectivity index (χ0v) is 21.0. The molecule has 0 aliphatic heterocycles. The van der Waals surface area contributed by atoms with Crippen molar-refractivity contribution in [2.45, 2.75) is 17.5 Å². The van der Waals surface area contributed by atoms with Crippen molar-refractivity contribution in [2.24, 2.45) is 0 Å². The third-order valence-electron chi connectivity index (χ3n) is 5.13. The van der Waals surface area contributed by atoms with Gasteiger partial charge in [-0.2, -0.15) is 0 Å². The van der Waals surface area contributed by atoms with Crippen LogP contribution >= 0.6 is 34.7 Å². The number of nitrogens with zero attached hydrogens (tertiary/aromatic N) is 5. The van der Waals surface area contributed by atoms with Crippen molar-refractivity contribution in [3.8, 4) is 17.1 Å². The highest BCUT2D eigenvalue weighted by Crippen LogP contribution is 2.34. The molecular weight excluding hydrogens is 519 g/mol. The zero-order chi connectivity index (χ0) is 24.9. The van der Waals surface area contributed by atoms with Crippen LogP contribution in [-0.2, 0) is 12.3 Å². The van der Waals surface area contributed by atoms with E-state index in [1.807, 2.05) is 30.3 Å². The van der Waals surface area contributed by atoms with Gasteiger partial charge >= 0.3 is 0 Å². The van der Waals surface area contributed by atoms with Gasteiger partial charge in [0.2, 0.25) is 0 Å². The van der Waals surface area contributed by atoms with Crippen LogP contribution in [0.25, 0.3) is 17.1 Å². The number of hydrogen-bond donors (Lipinski definition) is 1. The summed E-state index contributed by atoms with van der Waals surface area (Å²) in [6.07, 6.45) is 3.38. The third kappa shape index (κ3) is 5.30. The van der Waals surface area contributed by atoms with Gasteiger partial charge in [-0.15, -0.1) is 21.5 Å². The number of nitrogens with one attached hydrogen (secondary N) is 1. The van der Waals surface area contributed by atoms with Crippen LogP contribution in [0, 0.1) is 5.82 Å². The summed E-state index contributed by atoms with van der Waals surface area (Å²) in [5.74, 6) is 0.189. The number of pyridine rings is 1. The second-order valence-corrected chi connectivity index (χ2v) is 9.82. The summed E-state index contributed by atoms with van der Waals surface area (Å²) in [7, 11) is 0. The molecule has 0 radical (unpaired) electrons. The fourth-order valence-electron chi connectivity index (χ4n) is 3.41. The smallest absolute Gasteiger partial charge is 0.271 e. The topological polar surface area (TPSA) is 85.6 Å². The lowest BCUT2D eigenvalue weighted by molar-refractivity contribution is 0.0946. The summed E-state index contributed by atoms with van der Waals surface area (Å²) in [5, 5.41) is 14.9. The van der Waals surface area contributed by atoms with Gasteiger partial charge in [0.15, 0.2) is 11.0 Å². The molecule has 0 aliphatic rings. The average molecular weight is 537 g/mol. The number of halogens is 2.